The molecule has 5 heteroatoms. The van der Waals surface area contributed by atoms with Gasteiger partial charge in [0.25, 0.3) is 0 Å². The zero-order chi connectivity index (χ0) is 12.5. The van der Waals surface area contributed by atoms with Crippen LogP contribution in [0.4, 0.5) is 0 Å². The number of hydrogen-bond acceptors (Lipinski definition) is 4. The first-order chi connectivity index (χ1) is 8.70. The Morgan fingerprint density at radius 1 is 1.44 bits per heavy atom. The van der Waals surface area contributed by atoms with Gasteiger partial charge in [0.15, 0.2) is 0 Å². The van der Waals surface area contributed by atoms with Crippen molar-refractivity contribution in [1.29, 1.82) is 0 Å². The van der Waals surface area contributed by atoms with Crippen LogP contribution in [-0.4, -0.2) is 20.8 Å². The molecule has 0 unspecified atom stereocenters. The molecule has 1 aliphatic heterocycles. The van der Waals surface area contributed by atoms with Crippen molar-refractivity contribution in [1.82, 2.24) is 20.1 Å². The zero-order valence-electron chi connectivity index (χ0n) is 10.8. The van der Waals surface area contributed by atoms with E-state index in [0.717, 1.165) is 37.6 Å². The van der Waals surface area contributed by atoms with Crippen LogP contribution in [0.15, 0.2) is 12.1 Å². The highest BCUT2D eigenvalue weighted by molar-refractivity contribution is 7.11. The number of rotatable bonds is 3. The molecule has 0 fully saturated rings. The van der Waals surface area contributed by atoms with Crippen LogP contribution in [0.25, 0.3) is 0 Å². The second-order valence-electron chi connectivity index (χ2n) is 4.89. The first kappa shape index (κ1) is 11.9. The number of thiophene rings is 1. The Morgan fingerprint density at radius 2 is 2.33 bits per heavy atom. The van der Waals surface area contributed by atoms with Crippen molar-refractivity contribution in [3.05, 3.63) is 33.5 Å². The minimum atomic E-state index is 0.515. The number of aryl methyl sites for hydroxylation is 3. The van der Waals surface area contributed by atoms with Gasteiger partial charge in [-0.05, 0) is 32.4 Å². The molecule has 0 bridgehead atoms. The summed E-state index contributed by atoms with van der Waals surface area (Å²) in [5, 5.41) is 8.05. The highest BCUT2D eigenvalue weighted by atomic mass is 32.1. The maximum atomic E-state index is 4.43. The lowest BCUT2D eigenvalue weighted by Crippen LogP contribution is -2.37. The number of aromatic nitrogens is 3. The van der Waals surface area contributed by atoms with E-state index in [0.29, 0.717) is 6.04 Å². The number of nitrogens with one attached hydrogen (secondary N) is 1. The van der Waals surface area contributed by atoms with Gasteiger partial charge in [-0.1, -0.05) is 0 Å². The van der Waals surface area contributed by atoms with E-state index in [1.807, 2.05) is 18.3 Å². The van der Waals surface area contributed by atoms with Crippen molar-refractivity contribution in [2.24, 2.45) is 0 Å². The van der Waals surface area contributed by atoms with Crippen molar-refractivity contribution < 1.29 is 0 Å². The Labute approximate surface area is 111 Å². The lowest BCUT2D eigenvalue weighted by Gasteiger charge is -2.23. The fourth-order valence-electron chi connectivity index (χ4n) is 2.43. The first-order valence-electron chi connectivity index (χ1n) is 6.40. The van der Waals surface area contributed by atoms with Crippen molar-refractivity contribution >= 4 is 11.3 Å². The van der Waals surface area contributed by atoms with Crippen LogP contribution in [0.1, 0.15) is 27.8 Å². The second-order valence-corrected chi connectivity index (χ2v) is 6.26. The summed E-state index contributed by atoms with van der Waals surface area (Å²) in [7, 11) is 0. The smallest absolute Gasteiger partial charge is 0.147 e. The van der Waals surface area contributed by atoms with E-state index < -0.39 is 0 Å². The lowest BCUT2D eigenvalue weighted by atomic mass is 10.1. The zero-order valence-corrected chi connectivity index (χ0v) is 11.6. The van der Waals surface area contributed by atoms with Crippen molar-refractivity contribution in [3.63, 3.8) is 0 Å². The van der Waals surface area contributed by atoms with Gasteiger partial charge >= 0.3 is 0 Å². The molecule has 96 valence electrons. The molecule has 2 aromatic rings. The molecule has 0 saturated carbocycles. The normalized spacial score (nSPS) is 18.9. The third kappa shape index (κ3) is 2.47. The summed E-state index contributed by atoms with van der Waals surface area (Å²) in [6.45, 7) is 6.02. The van der Waals surface area contributed by atoms with Crippen LogP contribution in [-0.2, 0) is 19.5 Å². The highest BCUT2D eigenvalue weighted by Gasteiger charge is 2.20. The van der Waals surface area contributed by atoms with E-state index in [1.165, 1.54) is 9.75 Å². The summed E-state index contributed by atoms with van der Waals surface area (Å²) in [5.41, 5.74) is 0. The van der Waals surface area contributed by atoms with Gasteiger partial charge < -0.3 is 5.32 Å². The minimum absolute atomic E-state index is 0.515. The number of fused-ring (bicyclic) bond motifs is 1. The Kier molecular flexibility index (Phi) is 3.18. The Hall–Kier alpha value is -1.20. The van der Waals surface area contributed by atoms with Crippen LogP contribution in [0.2, 0.25) is 0 Å². The topological polar surface area (TPSA) is 42.7 Å². The van der Waals surface area contributed by atoms with Gasteiger partial charge in [-0.15, -0.1) is 11.3 Å². The molecule has 4 nitrogen and oxygen atoms in total. The molecule has 1 N–H and O–H groups in total. The van der Waals surface area contributed by atoms with Crippen LogP contribution in [0.3, 0.4) is 0 Å². The summed E-state index contributed by atoms with van der Waals surface area (Å²) in [6.07, 6.45) is 2.18. The minimum Gasteiger partial charge on any atom is -0.307 e. The van der Waals surface area contributed by atoms with Crippen LogP contribution in [0.5, 0.6) is 0 Å². The Bertz CT molecular complexity index is 543. The largest absolute Gasteiger partial charge is 0.307 e. The molecule has 1 atom stereocenters. The number of hydrogen-bond donors (Lipinski definition) is 1. The molecule has 0 aromatic carbocycles. The monoisotopic (exact) mass is 262 g/mol. The van der Waals surface area contributed by atoms with Gasteiger partial charge in [0.05, 0.1) is 6.54 Å². The molecule has 0 saturated heterocycles. The van der Waals surface area contributed by atoms with Crippen molar-refractivity contribution in [2.45, 2.75) is 45.8 Å². The predicted molar refractivity (Wildman–Crippen MR) is 72.8 cm³/mol. The third-order valence-corrected chi connectivity index (χ3v) is 4.33. The van der Waals surface area contributed by atoms with E-state index in [9.17, 15) is 0 Å². The van der Waals surface area contributed by atoms with Gasteiger partial charge in [0.1, 0.15) is 11.6 Å². The van der Waals surface area contributed by atoms with E-state index in [2.05, 4.69) is 39.1 Å². The van der Waals surface area contributed by atoms with Gasteiger partial charge in [-0.2, -0.15) is 5.10 Å². The summed E-state index contributed by atoms with van der Waals surface area (Å²) in [5.74, 6) is 2.03. The maximum absolute atomic E-state index is 4.43. The summed E-state index contributed by atoms with van der Waals surface area (Å²) >= 11 is 1.87. The van der Waals surface area contributed by atoms with Gasteiger partial charge in [-0.3, -0.25) is 0 Å². The second kappa shape index (κ2) is 4.82. The van der Waals surface area contributed by atoms with Gasteiger partial charge in [0.2, 0.25) is 0 Å². The fraction of sp³-hybridized carbons (Fsp3) is 0.538. The lowest BCUT2D eigenvalue weighted by molar-refractivity contribution is 0.358. The predicted octanol–water partition coefficient (Wildman–Crippen LogP) is 2.06. The highest BCUT2D eigenvalue weighted by Crippen LogP contribution is 2.17. The third-order valence-electron chi connectivity index (χ3n) is 3.32. The molecule has 0 aliphatic carbocycles. The molecular weight excluding hydrogens is 244 g/mol. The standard InChI is InChI=1S/C13H18N4S/c1-9-3-5-12(18-9)7-14-11-4-6-13-15-10(2)16-17(13)8-11/h3,5,11,14H,4,6-8H2,1-2H3/t11-/m0/s1. The first-order valence-corrected chi connectivity index (χ1v) is 7.21. The van der Waals surface area contributed by atoms with E-state index in [-0.39, 0.29) is 0 Å². The molecule has 3 rings (SSSR count). The summed E-state index contributed by atoms with van der Waals surface area (Å²) in [6, 6.07) is 4.91. The Morgan fingerprint density at radius 3 is 3.11 bits per heavy atom. The van der Waals surface area contributed by atoms with Gasteiger partial charge in [0, 0.05) is 28.8 Å². The molecule has 3 heterocycles. The molecule has 2 aromatic heterocycles. The average molecular weight is 262 g/mol. The SMILES string of the molecule is Cc1nc2n(n1)C[C@@H](NCc1ccc(C)s1)CC2. The quantitative estimate of drug-likeness (QED) is 0.920. The molecule has 0 radical (unpaired) electrons. The van der Waals surface area contributed by atoms with E-state index in [4.69, 9.17) is 0 Å². The van der Waals surface area contributed by atoms with Crippen LogP contribution in [0, 0.1) is 13.8 Å². The molecule has 0 spiro atoms. The van der Waals surface area contributed by atoms with E-state index in [1.54, 1.807) is 0 Å². The van der Waals surface area contributed by atoms with Crippen molar-refractivity contribution in [3.8, 4) is 0 Å². The fourth-order valence-corrected chi connectivity index (χ4v) is 3.27. The molecule has 18 heavy (non-hydrogen) atoms. The van der Waals surface area contributed by atoms with Crippen LogP contribution >= 0.6 is 11.3 Å². The van der Waals surface area contributed by atoms with E-state index >= 15 is 0 Å². The van der Waals surface area contributed by atoms with Crippen molar-refractivity contribution in [2.75, 3.05) is 0 Å². The average Bonchev–Trinajstić information content (AvgIpc) is 2.90. The molecular formula is C13H18N4S. The molecule has 0 amide bonds. The van der Waals surface area contributed by atoms with Gasteiger partial charge in [-0.25, -0.2) is 9.67 Å². The number of nitrogens with zero attached hydrogens (tertiary/aromatic N) is 3. The van der Waals surface area contributed by atoms with Crippen LogP contribution < -0.4 is 5.32 Å². The summed E-state index contributed by atoms with van der Waals surface area (Å²) in [4.78, 5) is 7.22. The maximum Gasteiger partial charge on any atom is 0.147 e. The molecule has 1 aliphatic rings. The Balaban J connectivity index is 1.59. The summed E-state index contributed by atoms with van der Waals surface area (Å²) < 4.78 is 2.05.